The lowest BCUT2D eigenvalue weighted by Gasteiger charge is -2.40. The number of amides is 3. The van der Waals surface area contributed by atoms with Crippen molar-refractivity contribution in [2.45, 2.75) is 19.4 Å². The van der Waals surface area contributed by atoms with E-state index >= 15 is 0 Å². The highest BCUT2D eigenvalue weighted by Gasteiger charge is 2.43. The molecule has 2 rings (SSSR count). The third-order valence-electron chi connectivity index (χ3n) is 3.22. The second-order valence-corrected chi connectivity index (χ2v) is 5.85. The van der Waals surface area contributed by atoms with Gasteiger partial charge in [0.2, 0.25) is 5.91 Å². The number of halogens is 1. The van der Waals surface area contributed by atoms with Gasteiger partial charge in [-0.2, -0.15) is 0 Å². The van der Waals surface area contributed by atoms with E-state index < -0.39 is 23.3 Å². The Labute approximate surface area is 123 Å². The molecular formula is C13H13BrN2O4. The van der Waals surface area contributed by atoms with Gasteiger partial charge in [-0.25, -0.2) is 0 Å². The molecule has 1 fully saturated rings. The molecule has 106 valence electrons. The van der Waals surface area contributed by atoms with E-state index in [2.05, 4.69) is 21.2 Å². The number of hydrogen-bond acceptors (Lipinski definition) is 4. The number of nitrogens with zero attached hydrogens (tertiary/aromatic N) is 1. The van der Waals surface area contributed by atoms with E-state index in [9.17, 15) is 19.5 Å². The number of phenols is 1. The van der Waals surface area contributed by atoms with Gasteiger partial charge in [-0.05, 0) is 48.0 Å². The van der Waals surface area contributed by atoms with Crippen LogP contribution in [-0.4, -0.2) is 39.8 Å². The zero-order valence-electron chi connectivity index (χ0n) is 10.9. The molecule has 1 saturated heterocycles. The second kappa shape index (κ2) is 4.90. The highest BCUT2D eigenvalue weighted by molar-refractivity contribution is 9.10. The van der Waals surface area contributed by atoms with Gasteiger partial charge in [0, 0.05) is 5.56 Å². The zero-order valence-corrected chi connectivity index (χ0v) is 12.5. The smallest absolute Gasteiger partial charge is 0.255 e. The predicted octanol–water partition coefficient (Wildman–Crippen LogP) is 1.03. The fourth-order valence-corrected chi connectivity index (χ4v) is 2.16. The minimum Gasteiger partial charge on any atom is -0.507 e. The van der Waals surface area contributed by atoms with Crippen LogP contribution >= 0.6 is 15.9 Å². The summed E-state index contributed by atoms with van der Waals surface area (Å²) in [7, 11) is 0. The Hall–Kier alpha value is -1.89. The van der Waals surface area contributed by atoms with Crippen LogP contribution in [0.1, 0.15) is 24.2 Å². The largest absolute Gasteiger partial charge is 0.507 e. The van der Waals surface area contributed by atoms with Crippen LogP contribution in [-0.2, 0) is 9.59 Å². The topological polar surface area (TPSA) is 86.7 Å². The Balaban J connectivity index is 2.38. The summed E-state index contributed by atoms with van der Waals surface area (Å²) in [6, 6.07) is 4.33. The molecule has 1 aliphatic heterocycles. The molecule has 0 aliphatic carbocycles. The number of benzene rings is 1. The van der Waals surface area contributed by atoms with Crippen LogP contribution in [0.15, 0.2) is 22.7 Å². The van der Waals surface area contributed by atoms with Crippen LogP contribution < -0.4 is 5.32 Å². The van der Waals surface area contributed by atoms with Crippen LogP contribution in [0.4, 0.5) is 0 Å². The minimum absolute atomic E-state index is 0.0820. The van der Waals surface area contributed by atoms with E-state index in [1.54, 1.807) is 13.8 Å². The number of piperazine rings is 1. The Kier molecular flexibility index (Phi) is 3.56. The van der Waals surface area contributed by atoms with Crippen LogP contribution in [0.5, 0.6) is 5.75 Å². The number of aromatic hydroxyl groups is 1. The van der Waals surface area contributed by atoms with Crippen LogP contribution in [0.3, 0.4) is 0 Å². The highest BCUT2D eigenvalue weighted by Crippen LogP contribution is 2.27. The lowest BCUT2D eigenvalue weighted by atomic mass is 9.97. The van der Waals surface area contributed by atoms with Gasteiger partial charge in [0.05, 0.1) is 4.47 Å². The highest BCUT2D eigenvalue weighted by atomic mass is 79.9. The first-order chi connectivity index (χ1) is 9.23. The van der Waals surface area contributed by atoms with Crippen LogP contribution in [0.2, 0.25) is 0 Å². The van der Waals surface area contributed by atoms with Crippen molar-refractivity contribution in [2.24, 2.45) is 0 Å². The molecule has 7 heteroatoms. The van der Waals surface area contributed by atoms with Crippen molar-refractivity contribution in [2.75, 3.05) is 6.54 Å². The quantitative estimate of drug-likeness (QED) is 0.747. The van der Waals surface area contributed by atoms with Gasteiger partial charge in [-0.1, -0.05) is 0 Å². The van der Waals surface area contributed by atoms with Gasteiger partial charge in [0.25, 0.3) is 11.8 Å². The number of phenolic OH excluding ortho intramolecular Hbond substituents is 1. The summed E-state index contributed by atoms with van der Waals surface area (Å²) in [6.45, 7) is 2.92. The molecule has 1 aliphatic rings. The van der Waals surface area contributed by atoms with Crippen molar-refractivity contribution in [3.63, 3.8) is 0 Å². The molecule has 0 unspecified atom stereocenters. The fraction of sp³-hybridized carbons (Fsp3) is 0.308. The van der Waals surface area contributed by atoms with Gasteiger partial charge in [0.15, 0.2) is 0 Å². The van der Waals surface area contributed by atoms with Crippen molar-refractivity contribution in [1.82, 2.24) is 10.2 Å². The average Bonchev–Trinajstić information content (AvgIpc) is 2.36. The Morgan fingerprint density at radius 1 is 1.40 bits per heavy atom. The Morgan fingerprint density at radius 2 is 2.05 bits per heavy atom. The molecule has 0 bridgehead atoms. The molecule has 1 aromatic rings. The molecule has 0 spiro atoms. The van der Waals surface area contributed by atoms with Crippen molar-refractivity contribution in [3.05, 3.63) is 28.2 Å². The van der Waals surface area contributed by atoms with E-state index in [4.69, 9.17) is 0 Å². The maximum Gasteiger partial charge on any atom is 0.255 e. The summed E-state index contributed by atoms with van der Waals surface area (Å²) in [5, 5.41) is 11.8. The normalized spacial score (nSPS) is 17.9. The number of carbonyl (C=O) groups is 3. The molecule has 1 heterocycles. The summed E-state index contributed by atoms with van der Waals surface area (Å²) in [6.07, 6.45) is 0. The van der Waals surface area contributed by atoms with Gasteiger partial charge in [-0.15, -0.1) is 0 Å². The number of carbonyl (C=O) groups excluding carboxylic acids is 3. The van der Waals surface area contributed by atoms with E-state index in [1.807, 2.05) is 0 Å². The third-order valence-corrected chi connectivity index (χ3v) is 3.89. The fourth-order valence-electron chi connectivity index (χ4n) is 1.91. The number of nitrogens with one attached hydrogen (secondary N) is 1. The molecule has 0 radical (unpaired) electrons. The SMILES string of the molecule is CC1(C)C(=O)NC(=O)CN1C(=O)c1ccc(Br)c(O)c1. The van der Waals surface area contributed by atoms with Gasteiger partial charge >= 0.3 is 0 Å². The van der Waals surface area contributed by atoms with Crippen molar-refractivity contribution in [3.8, 4) is 5.75 Å². The second-order valence-electron chi connectivity index (χ2n) is 4.99. The Bertz CT molecular complexity index is 612. The summed E-state index contributed by atoms with van der Waals surface area (Å²) in [4.78, 5) is 36.9. The number of imide groups is 1. The summed E-state index contributed by atoms with van der Waals surface area (Å²) in [5.74, 6) is -1.62. The van der Waals surface area contributed by atoms with Gasteiger partial charge in [0.1, 0.15) is 17.8 Å². The molecule has 0 atom stereocenters. The first-order valence-corrected chi connectivity index (χ1v) is 6.67. The molecule has 0 aromatic heterocycles. The van der Waals surface area contributed by atoms with E-state index in [0.29, 0.717) is 4.47 Å². The van der Waals surface area contributed by atoms with Crippen molar-refractivity contribution in [1.29, 1.82) is 0 Å². The minimum atomic E-state index is -1.13. The first-order valence-electron chi connectivity index (χ1n) is 5.88. The Morgan fingerprint density at radius 3 is 2.65 bits per heavy atom. The summed E-state index contributed by atoms with van der Waals surface area (Å²) >= 11 is 3.12. The molecule has 6 nitrogen and oxygen atoms in total. The van der Waals surface area contributed by atoms with Crippen molar-refractivity contribution < 1.29 is 19.5 Å². The zero-order chi connectivity index (χ0) is 15.1. The monoisotopic (exact) mass is 340 g/mol. The first kappa shape index (κ1) is 14.5. The standard InChI is InChI=1S/C13H13BrN2O4/c1-13(2)12(20)15-10(18)6-16(13)11(19)7-3-4-8(14)9(17)5-7/h3-5,17H,6H2,1-2H3,(H,15,18,20). The number of rotatable bonds is 1. The van der Waals surface area contributed by atoms with Gasteiger partial charge in [-0.3, -0.25) is 19.7 Å². The lowest BCUT2D eigenvalue weighted by molar-refractivity contribution is -0.143. The molecule has 1 aromatic carbocycles. The van der Waals surface area contributed by atoms with E-state index in [1.165, 1.54) is 23.1 Å². The van der Waals surface area contributed by atoms with Crippen molar-refractivity contribution >= 4 is 33.7 Å². The lowest BCUT2D eigenvalue weighted by Crippen LogP contribution is -2.65. The summed E-state index contributed by atoms with van der Waals surface area (Å²) < 4.78 is 0.459. The maximum atomic E-state index is 12.4. The molecule has 2 N–H and O–H groups in total. The average molecular weight is 341 g/mol. The molecular weight excluding hydrogens is 328 g/mol. The predicted molar refractivity (Wildman–Crippen MR) is 74.1 cm³/mol. The van der Waals surface area contributed by atoms with Gasteiger partial charge < -0.3 is 10.0 Å². The van der Waals surface area contributed by atoms with E-state index in [-0.39, 0.29) is 17.9 Å². The van der Waals surface area contributed by atoms with Crippen LogP contribution in [0, 0.1) is 0 Å². The maximum absolute atomic E-state index is 12.4. The summed E-state index contributed by atoms with van der Waals surface area (Å²) in [5.41, 5.74) is -0.922. The number of hydrogen-bond donors (Lipinski definition) is 2. The molecule has 3 amide bonds. The van der Waals surface area contributed by atoms with E-state index in [0.717, 1.165) is 0 Å². The molecule has 0 saturated carbocycles. The third kappa shape index (κ3) is 2.40. The molecule has 20 heavy (non-hydrogen) atoms. The van der Waals surface area contributed by atoms with Crippen LogP contribution in [0.25, 0.3) is 0 Å².